The lowest BCUT2D eigenvalue weighted by atomic mass is 10.1. The number of hydrogen-bond acceptors (Lipinski definition) is 3. The Hall–Kier alpha value is -1.63. The van der Waals surface area contributed by atoms with E-state index in [0.717, 1.165) is 5.56 Å². The lowest BCUT2D eigenvalue weighted by Gasteiger charge is -2.40. The maximum atomic E-state index is 14.2. The molecule has 7 heteroatoms. The number of benzene rings is 1. The Kier molecular flexibility index (Phi) is 5.76. The molecule has 1 unspecified atom stereocenters. The first-order valence-electron chi connectivity index (χ1n) is 8.24. The van der Waals surface area contributed by atoms with Crippen LogP contribution in [0.25, 0.3) is 0 Å². The van der Waals surface area contributed by atoms with Gasteiger partial charge in [0.15, 0.2) is 0 Å². The zero-order valence-electron chi connectivity index (χ0n) is 15.2. The van der Waals surface area contributed by atoms with Gasteiger partial charge in [0, 0.05) is 30.1 Å². The van der Waals surface area contributed by atoms with Crippen molar-refractivity contribution in [2.24, 2.45) is 0 Å². The predicted octanol–water partition coefficient (Wildman–Crippen LogP) is 3.98. The third-order valence-corrected chi connectivity index (χ3v) is 4.87. The van der Waals surface area contributed by atoms with Crippen molar-refractivity contribution in [1.82, 2.24) is 9.80 Å². The fourth-order valence-corrected chi connectivity index (χ4v) is 3.04. The van der Waals surface area contributed by atoms with Crippen LogP contribution in [0.1, 0.15) is 43.6 Å². The minimum atomic E-state index is -0.564. The summed E-state index contributed by atoms with van der Waals surface area (Å²) < 4.78 is 20.2. The molecule has 1 fully saturated rings. The largest absolute Gasteiger partial charge is 0.444 e. The number of amides is 2. The fraction of sp³-hybridized carbons (Fsp3) is 0.556. The van der Waals surface area contributed by atoms with Gasteiger partial charge in [-0.05, 0) is 52.3 Å². The Labute approximate surface area is 156 Å². The fourth-order valence-electron chi connectivity index (χ4n) is 2.73. The van der Waals surface area contributed by atoms with Gasteiger partial charge in [-0.3, -0.25) is 4.79 Å². The highest BCUT2D eigenvalue weighted by atomic mass is 79.9. The third-order valence-electron chi connectivity index (χ3n) is 4.02. The summed E-state index contributed by atoms with van der Waals surface area (Å²) in [6.07, 6.45) is -0.392. The number of halogens is 2. The summed E-state index contributed by atoms with van der Waals surface area (Å²) in [4.78, 5) is 28.1. The van der Waals surface area contributed by atoms with Crippen molar-refractivity contribution in [1.29, 1.82) is 0 Å². The van der Waals surface area contributed by atoms with Gasteiger partial charge >= 0.3 is 6.09 Å². The first kappa shape index (κ1) is 19.7. The lowest BCUT2D eigenvalue weighted by molar-refractivity contribution is 0.00607. The van der Waals surface area contributed by atoms with E-state index in [1.807, 2.05) is 34.6 Å². The SMILES string of the molecule is Cc1cc(C(=O)N2CCN(C(=O)OC(C)(C)C)CC2C)c(F)cc1Br. The molecule has 0 N–H and O–H groups in total. The van der Waals surface area contributed by atoms with E-state index in [1.165, 1.54) is 6.07 Å². The maximum Gasteiger partial charge on any atom is 0.410 e. The highest BCUT2D eigenvalue weighted by Gasteiger charge is 2.33. The number of carbonyl (C=O) groups is 2. The smallest absolute Gasteiger partial charge is 0.410 e. The molecule has 2 rings (SSSR count). The highest BCUT2D eigenvalue weighted by molar-refractivity contribution is 9.10. The first-order valence-corrected chi connectivity index (χ1v) is 9.03. The van der Waals surface area contributed by atoms with Crippen molar-refractivity contribution in [3.05, 3.63) is 33.5 Å². The average molecular weight is 415 g/mol. The quantitative estimate of drug-likeness (QED) is 0.698. The van der Waals surface area contributed by atoms with Gasteiger partial charge in [0.25, 0.3) is 5.91 Å². The predicted molar refractivity (Wildman–Crippen MR) is 97.1 cm³/mol. The molecule has 5 nitrogen and oxygen atoms in total. The molecule has 2 amide bonds. The van der Waals surface area contributed by atoms with Crippen molar-refractivity contribution in [3.63, 3.8) is 0 Å². The molecule has 1 aromatic rings. The zero-order valence-corrected chi connectivity index (χ0v) is 16.8. The van der Waals surface area contributed by atoms with Crippen LogP contribution in [0.4, 0.5) is 9.18 Å². The summed E-state index contributed by atoms with van der Waals surface area (Å²) in [7, 11) is 0. The van der Waals surface area contributed by atoms with Crippen LogP contribution in [0.15, 0.2) is 16.6 Å². The molecular formula is C18H24BrFN2O3. The van der Waals surface area contributed by atoms with Crippen LogP contribution in [-0.2, 0) is 4.74 Å². The zero-order chi connectivity index (χ0) is 18.9. The molecule has 0 saturated carbocycles. The van der Waals surface area contributed by atoms with E-state index in [-0.39, 0.29) is 17.5 Å². The lowest BCUT2D eigenvalue weighted by Crippen LogP contribution is -2.56. The topological polar surface area (TPSA) is 49.9 Å². The van der Waals surface area contributed by atoms with E-state index in [0.29, 0.717) is 24.1 Å². The number of hydrogen-bond donors (Lipinski definition) is 0. The van der Waals surface area contributed by atoms with E-state index in [1.54, 1.807) is 15.9 Å². The molecule has 25 heavy (non-hydrogen) atoms. The van der Waals surface area contributed by atoms with E-state index < -0.39 is 17.5 Å². The summed E-state index contributed by atoms with van der Waals surface area (Å²) >= 11 is 3.26. The van der Waals surface area contributed by atoms with Gasteiger partial charge in [0.2, 0.25) is 0 Å². The van der Waals surface area contributed by atoms with Crippen LogP contribution in [-0.4, -0.2) is 53.1 Å². The Morgan fingerprint density at radius 1 is 1.28 bits per heavy atom. The van der Waals surface area contributed by atoms with Crippen molar-refractivity contribution in [2.45, 2.75) is 46.3 Å². The second-order valence-electron chi connectivity index (χ2n) is 7.36. The van der Waals surface area contributed by atoms with Crippen molar-refractivity contribution >= 4 is 27.9 Å². The number of piperazine rings is 1. The molecule has 1 heterocycles. The van der Waals surface area contributed by atoms with Crippen molar-refractivity contribution < 1.29 is 18.7 Å². The van der Waals surface area contributed by atoms with Crippen LogP contribution < -0.4 is 0 Å². The highest BCUT2D eigenvalue weighted by Crippen LogP contribution is 2.23. The van der Waals surface area contributed by atoms with E-state index >= 15 is 0 Å². The van der Waals surface area contributed by atoms with Gasteiger partial charge < -0.3 is 14.5 Å². The minimum absolute atomic E-state index is 0.0540. The molecule has 1 aromatic carbocycles. The van der Waals surface area contributed by atoms with Crippen LogP contribution in [0, 0.1) is 12.7 Å². The molecule has 0 spiro atoms. The van der Waals surface area contributed by atoms with Crippen molar-refractivity contribution in [3.8, 4) is 0 Å². The van der Waals surface area contributed by atoms with Crippen LogP contribution in [0.5, 0.6) is 0 Å². The standard InChI is InChI=1S/C18H24BrFN2O3/c1-11-8-13(15(20)9-14(11)19)16(23)22-7-6-21(10-12(22)2)17(24)25-18(3,4)5/h8-9,12H,6-7,10H2,1-5H3. The number of rotatable bonds is 1. The minimum Gasteiger partial charge on any atom is -0.444 e. The monoisotopic (exact) mass is 414 g/mol. The second-order valence-corrected chi connectivity index (χ2v) is 8.21. The van der Waals surface area contributed by atoms with E-state index in [9.17, 15) is 14.0 Å². The molecule has 0 aromatic heterocycles. The Bertz CT molecular complexity index is 688. The summed E-state index contributed by atoms with van der Waals surface area (Å²) in [5, 5.41) is 0. The molecule has 1 atom stereocenters. The average Bonchev–Trinajstić information content (AvgIpc) is 2.48. The maximum absolute atomic E-state index is 14.2. The molecule has 0 bridgehead atoms. The molecule has 0 radical (unpaired) electrons. The van der Waals surface area contributed by atoms with E-state index in [4.69, 9.17) is 4.74 Å². The van der Waals surface area contributed by atoms with Gasteiger partial charge in [-0.25, -0.2) is 9.18 Å². The van der Waals surface area contributed by atoms with Gasteiger partial charge in [-0.15, -0.1) is 0 Å². The van der Waals surface area contributed by atoms with Crippen molar-refractivity contribution in [2.75, 3.05) is 19.6 Å². The summed E-state index contributed by atoms with van der Waals surface area (Å²) in [6, 6.07) is 2.64. The Balaban J connectivity index is 2.10. The first-order chi connectivity index (χ1) is 11.5. The van der Waals surface area contributed by atoms with E-state index in [2.05, 4.69) is 15.9 Å². The second kappa shape index (κ2) is 7.32. The summed E-state index contributed by atoms with van der Waals surface area (Å²) in [5.74, 6) is -0.909. The van der Waals surface area contributed by atoms with Crippen LogP contribution in [0.3, 0.4) is 0 Å². The van der Waals surface area contributed by atoms with Gasteiger partial charge in [0.1, 0.15) is 11.4 Å². The van der Waals surface area contributed by atoms with Gasteiger partial charge in [0.05, 0.1) is 5.56 Å². The molecule has 1 saturated heterocycles. The number of ether oxygens (including phenoxy) is 1. The number of carbonyl (C=O) groups excluding carboxylic acids is 2. The van der Waals surface area contributed by atoms with Crippen LogP contribution in [0.2, 0.25) is 0 Å². The molecule has 138 valence electrons. The normalized spacial score (nSPS) is 18.3. The summed E-state index contributed by atoms with van der Waals surface area (Å²) in [6.45, 7) is 10.2. The third kappa shape index (κ3) is 4.71. The Morgan fingerprint density at radius 2 is 1.92 bits per heavy atom. The summed E-state index contributed by atoms with van der Waals surface area (Å²) in [5.41, 5.74) is 0.286. The van der Waals surface area contributed by atoms with Gasteiger partial charge in [-0.1, -0.05) is 15.9 Å². The molecule has 0 aliphatic carbocycles. The van der Waals surface area contributed by atoms with Crippen LogP contribution >= 0.6 is 15.9 Å². The number of aryl methyl sites for hydroxylation is 1. The Morgan fingerprint density at radius 3 is 2.48 bits per heavy atom. The molecular weight excluding hydrogens is 391 g/mol. The number of nitrogens with zero attached hydrogens (tertiary/aromatic N) is 2. The molecule has 1 aliphatic rings. The van der Waals surface area contributed by atoms with Gasteiger partial charge in [-0.2, -0.15) is 0 Å². The molecule has 1 aliphatic heterocycles.